The zero-order valence-electron chi connectivity index (χ0n) is 24.1. The molecule has 6 heteroatoms. The Hall–Kier alpha value is -2.86. The highest BCUT2D eigenvalue weighted by molar-refractivity contribution is 5.95. The number of anilines is 1. The molecule has 2 N–H and O–H groups in total. The lowest BCUT2D eigenvalue weighted by Gasteiger charge is -2.48. The van der Waals surface area contributed by atoms with Crippen molar-refractivity contribution in [2.24, 2.45) is 0 Å². The monoisotopic (exact) mass is 543 g/mol. The Morgan fingerprint density at radius 3 is 2.10 bits per heavy atom. The van der Waals surface area contributed by atoms with Crippen LogP contribution in [0.15, 0.2) is 42.5 Å². The minimum absolute atomic E-state index is 0.0346. The first kappa shape index (κ1) is 27.3. The summed E-state index contributed by atoms with van der Waals surface area (Å²) < 4.78 is 0. The van der Waals surface area contributed by atoms with E-state index in [9.17, 15) is 14.7 Å². The lowest BCUT2D eigenvalue weighted by atomic mass is 9.66. The van der Waals surface area contributed by atoms with E-state index >= 15 is 0 Å². The van der Waals surface area contributed by atoms with Crippen molar-refractivity contribution >= 4 is 17.5 Å². The van der Waals surface area contributed by atoms with Gasteiger partial charge in [-0.05, 0) is 73.9 Å². The van der Waals surface area contributed by atoms with E-state index in [2.05, 4.69) is 48.6 Å². The number of nitrogens with one attached hydrogen (secondary N) is 1. The molecule has 40 heavy (non-hydrogen) atoms. The molecule has 0 bridgehead atoms. The lowest BCUT2D eigenvalue weighted by Crippen LogP contribution is -2.53. The molecule has 2 saturated carbocycles. The topological polar surface area (TPSA) is 72.9 Å². The zero-order chi connectivity index (χ0) is 27.7. The summed E-state index contributed by atoms with van der Waals surface area (Å²) in [7, 11) is 0. The maximum atomic E-state index is 13.5. The second kappa shape index (κ2) is 11.2. The predicted octanol–water partition coefficient (Wildman–Crippen LogP) is 5.82. The molecule has 6 rings (SSSR count). The van der Waals surface area contributed by atoms with Gasteiger partial charge in [0.2, 0.25) is 0 Å². The Morgan fingerprint density at radius 1 is 0.825 bits per heavy atom. The molecule has 6 nitrogen and oxygen atoms in total. The molecule has 0 aromatic heterocycles. The Kier molecular flexibility index (Phi) is 7.64. The first-order valence-corrected chi connectivity index (χ1v) is 15.7. The summed E-state index contributed by atoms with van der Waals surface area (Å²) in [4.78, 5) is 29.6. The van der Waals surface area contributed by atoms with Crippen LogP contribution in [0, 0.1) is 6.92 Å². The molecule has 1 spiro atoms. The van der Waals surface area contributed by atoms with Gasteiger partial charge in [-0.3, -0.25) is 9.59 Å². The van der Waals surface area contributed by atoms with Gasteiger partial charge in [-0.15, -0.1) is 0 Å². The van der Waals surface area contributed by atoms with Gasteiger partial charge in [0.05, 0.1) is 0 Å². The van der Waals surface area contributed by atoms with Crippen LogP contribution in [0.2, 0.25) is 0 Å². The number of nitrogens with zero attached hydrogens (tertiary/aromatic N) is 2. The number of carbonyl (C=O) groups excluding carboxylic acids is 2. The molecular weight excluding hydrogens is 498 g/mol. The fourth-order valence-corrected chi connectivity index (χ4v) is 7.48. The molecular formula is C34H45N3O3. The molecule has 2 aliphatic heterocycles. The molecule has 4 aliphatic rings. The molecule has 2 amide bonds. The van der Waals surface area contributed by atoms with Crippen LogP contribution in [0.4, 0.5) is 5.69 Å². The first-order valence-electron chi connectivity index (χ1n) is 15.7. The van der Waals surface area contributed by atoms with Gasteiger partial charge >= 0.3 is 0 Å². The van der Waals surface area contributed by atoms with Crippen LogP contribution in [0.5, 0.6) is 0 Å². The van der Waals surface area contributed by atoms with Crippen LogP contribution in [0.1, 0.15) is 104 Å². The van der Waals surface area contributed by atoms with Crippen LogP contribution in [0.25, 0.3) is 0 Å². The summed E-state index contributed by atoms with van der Waals surface area (Å²) in [5.41, 5.74) is 4.87. The minimum Gasteiger partial charge on any atom is -0.380 e. The third-order valence-corrected chi connectivity index (χ3v) is 10.1. The van der Waals surface area contributed by atoms with Crippen molar-refractivity contribution in [1.82, 2.24) is 9.80 Å². The van der Waals surface area contributed by atoms with Crippen molar-refractivity contribution in [2.45, 2.75) is 101 Å². The number of aliphatic hydroxyl groups is 1. The number of hydrogen-bond acceptors (Lipinski definition) is 4. The van der Waals surface area contributed by atoms with Gasteiger partial charge in [-0.1, -0.05) is 69.2 Å². The van der Waals surface area contributed by atoms with Crippen molar-refractivity contribution in [3.63, 3.8) is 0 Å². The summed E-state index contributed by atoms with van der Waals surface area (Å²) in [6.07, 6.45) is 13.7. The van der Waals surface area contributed by atoms with Crippen molar-refractivity contribution < 1.29 is 14.7 Å². The van der Waals surface area contributed by atoms with E-state index in [1.54, 1.807) is 4.90 Å². The largest absolute Gasteiger partial charge is 0.380 e. The average molecular weight is 544 g/mol. The fourth-order valence-electron chi connectivity index (χ4n) is 7.48. The quantitative estimate of drug-likeness (QED) is 0.512. The van der Waals surface area contributed by atoms with Gasteiger partial charge in [0.1, 0.15) is 5.60 Å². The Labute approximate surface area is 239 Å². The average Bonchev–Trinajstić information content (AvgIpc) is 3.74. The summed E-state index contributed by atoms with van der Waals surface area (Å²) >= 11 is 0. The number of piperazine rings is 1. The summed E-state index contributed by atoms with van der Waals surface area (Å²) in [5, 5.41) is 14.3. The van der Waals surface area contributed by atoms with Crippen LogP contribution in [-0.4, -0.2) is 64.0 Å². The van der Waals surface area contributed by atoms with E-state index in [0.717, 1.165) is 12.0 Å². The standard InChI is InChI=1S/C34H45N3O3/c1-25-23-27(31(38)36-19-21-37(22-20-36)32(39)34(40)17-18-34)13-14-28(25)29-24-26-11-7-8-12-30(26)35-33(29)15-9-5-3-2-4-6-10-16-33/h7-8,11-14,23,29,35,40H,2-6,9-10,15-22,24H2,1H3. The molecule has 1 saturated heterocycles. The number of hydrogen-bond donors (Lipinski definition) is 2. The maximum Gasteiger partial charge on any atom is 0.254 e. The normalized spacial score (nSPS) is 24.1. The molecule has 2 aromatic carbocycles. The third kappa shape index (κ3) is 5.39. The first-order chi connectivity index (χ1) is 19.4. The Morgan fingerprint density at radius 2 is 1.45 bits per heavy atom. The Bertz CT molecular complexity index is 1230. The number of fused-ring (bicyclic) bond motifs is 1. The number of aryl methyl sites for hydroxylation is 1. The van der Waals surface area contributed by atoms with E-state index in [0.29, 0.717) is 44.9 Å². The zero-order valence-corrected chi connectivity index (χ0v) is 24.1. The van der Waals surface area contributed by atoms with Crippen molar-refractivity contribution in [1.29, 1.82) is 0 Å². The molecule has 0 radical (unpaired) electrons. The predicted molar refractivity (Wildman–Crippen MR) is 159 cm³/mol. The molecule has 2 aliphatic carbocycles. The second-order valence-electron chi connectivity index (χ2n) is 12.9. The van der Waals surface area contributed by atoms with E-state index in [-0.39, 0.29) is 17.4 Å². The molecule has 1 atom stereocenters. The fraction of sp³-hybridized carbons (Fsp3) is 0.588. The van der Waals surface area contributed by atoms with Gasteiger partial charge in [0.15, 0.2) is 0 Å². The molecule has 1 unspecified atom stereocenters. The van der Waals surface area contributed by atoms with E-state index < -0.39 is 5.60 Å². The molecule has 214 valence electrons. The smallest absolute Gasteiger partial charge is 0.254 e. The highest BCUT2D eigenvalue weighted by Crippen LogP contribution is 2.47. The molecule has 2 heterocycles. The van der Waals surface area contributed by atoms with Gasteiger partial charge < -0.3 is 20.2 Å². The van der Waals surface area contributed by atoms with Crippen LogP contribution in [-0.2, 0) is 11.2 Å². The summed E-state index contributed by atoms with van der Waals surface area (Å²) in [6.45, 7) is 4.16. The Balaban J connectivity index is 1.22. The number of para-hydroxylation sites is 1. The van der Waals surface area contributed by atoms with E-state index in [4.69, 9.17) is 0 Å². The van der Waals surface area contributed by atoms with Gasteiger partial charge in [0.25, 0.3) is 11.8 Å². The minimum atomic E-state index is -1.14. The van der Waals surface area contributed by atoms with Crippen LogP contribution in [0.3, 0.4) is 0 Å². The maximum absolute atomic E-state index is 13.5. The number of rotatable bonds is 3. The third-order valence-electron chi connectivity index (χ3n) is 10.1. The van der Waals surface area contributed by atoms with Crippen molar-refractivity contribution in [3.8, 4) is 0 Å². The van der Waals surface area contributed by atoms with Gasteiger partial charge in [0, 0.05) is 48.9 Å². The van der Waals surface area contributed by atoms with Crippen LogP contribution >= 0.6 is 0 Å². The summed E-state index contributed by atoms with van der Waals surface area (Å²) in [5.74, 6) is 0.234. The number of benzene rings is 2. The van der Waals surface area contributed by atoms with Crippen molar-refractivity contribution in [2.75, 3.05) is 31.5 Å². The molecule has 2 aromatic rings. The summed E-state index contributed by atoms with van der Waals surface area (Å²) in [6, 6.07) is 15.2. The SMILES string of the molecule is Cc1cc(C(=O)N2CCN(C(=O)C3(O)CC3)CC2)ccc1C1Cc2ccccc2NC12CCCCCCCCC2. The molecule has 3 fully saturated rings. The number of carbonyl (C=O) groups is 2. The highest BCUT2D eigenvalue weighted by atomic mass is 16.3. The van der Waals surface area contributed by atoms with Crippen molar-refractivity contribution in [3.05, 3.63) is 64.7 Å². The van der Waals surface area contributed by atoms with E-state index in [1.807, 2.05) is 11.0 Å². The lowest BCUT2D eigenvalue weighted by molar-refractivity contribution is -0.143. The van der Waals surface area contributed by atoms with Gasteiger partial charge in [-0.25, -0.2) is 0 Å². The van der Waals surface area contributed by atoms with Gasteiger partial charge in [-0.2, -0.15) is 0 Å². The highest BCUT2D eigenvalue weighted by Gasteiger charge is 2.50. The van der Waals surface area contributed by atoms with E-state index in [1.165, 1.54) is 80.2 Å². The number of amides is 2. The second-order valence-corrected chi connectivity index (χ2v) is 12.9. The van der Waals surface area contributed by atoms with Crippen LogP contribution < -0.4 is 5.32 Å².